The van der Waals surface area contributed by atoms with Crippen LogP contribution in [0, 0.1) is 0 Å². The van der Waals surface area contributed by atoms with E-state index in [9.17, 15) is 18.0 Å². The number of sulfonamides is 1. The number of ether oxygens (including phenoxy) is 2. The minimum Gasteiger partial charge on any atom is -0.476 e. The molecule has 0 bridgehead atoms. The number of methoxy groups -OCH3 is 1. The van der Waals surface area contributed by atoms with Gasteiger partial charge < -0.3 is 20.1 Å². The number of benzene rings is 2. The molecule has 1 aliphatic rings. The van der Waals surface area contributed by atoms with Gasteiger partial charge in [0.05, 0.1) is 36.3 Å². The van der Waals surface area contributed by atoms with Crippen LogP contribution < -0.4 is 19.7 Å². The molecule has 1 heterocycles. The number of hydrogen-bond donors (Lipinski definition) is 2. The maximum atomic E-state index is 12.9. The summed E-state index contributed by atoms with van der Waals surface area (Å²) in [7, 11) is -2.09. The molecular formula is C20H23N3O6S. The molecule has 0 saturated carbocycles. The van der Waals surface area contributed by atoms with Gasteiger partial charge in [-0.2, -0.15) is 0 Å². The molecule has 0 aromatic heterocycles. The third kappa shape index (κ3) is 4.89. The third-order valence-corrected chi connectivity index (χ3v) is 5.60. The van der Waals surface area contributed by atoms with Crippen molar-refractivity contribution in [3.05, 3.63) is 54.1 Å². The molecule has 10 heteroatoms. The monoisotopic (exact) mass is 433 g/mol. The van der Waals surface area contributed by atoms with E-state index in [1.54, 1.807) is 48.5 Å². The van der Waals surface area contributed by atoms with E-state index in [4.69, 9.17) is 9.47 Å². The molecule has 2 N–H and O–H groups in total. The summed E-state index contributed by atoms with van der Waals surface area (Å²) >= 11 is 0. The van der Waals surface area contributed by atoms with Crippen LogP contribution >= 0.6 is 0 Å². The number of carbonyl (C=O) groups is 2. The Morgan fingerprint density at radius 2 is 1.87 bits per heavy atom. The van der Waals surface area contributed by atoms with Crippen LogP contribution in [0.4, 0.5) is 11.4 Å². The van der Waals surface area contributed by atoms with Gasteiger partial charge in [0.1, 0.15) is 5.75 Å². The van der Waals surface area contributed by atoms with Gasteiger partial charge in [-0.25, -0.2) is 8.42 Å². The van der Waals surface area contributed by atoms with Gasteiger partial charge in [0.2, 0.25) is 10.0 Å². The molecule has 9 nitrogen and oxygen atoms in total. The number of nitrogens with zero attached hydrogens (tertiary/aromatic N) is 1. The summed E-state index contributed by atoms with van der Waals surface area (Å²) in [6.45, 7) is 0.504. The Kier molecular flexibility index (Phi) is 6.58. The molecular weight excluding hydrogens is 410 g/mol. The Morgan fingerprint density at radius 1 is 1.17 bits per heavy atom. The maximum Gasteiger partial charge on any atom is 0.267 e. The first-order chi connectivity index (χ1) is 14.3. The van der Waals surface area contributed by atoms with E-state index in [0.717, 1.165) is 10.6 Å². The SMILES string of the molecule is COCCNC(=O)c1ccccc1NC(=O)[C@@H]1CN(S(C)(=O)=O)c2ccccc2O1. The Hall–Kier alpha value is -3.11. The van der Waals surface area contributed by atoms with E-state index in [1.165, 1.54) is 7.11 Å². The van der Waals surface area contributed by atoms with Gasteiger partial charge in [-0.1, -0.05) is 24.3 Å². The number of nitrogens with one attached hydrogen (secondary N) is 2. The molecule has 2 aromatic carbocycles. The van der Waals surface area contributed by atoms with E-state index in [0.29, 0.717) is 30.3 Å². The van der Waals surface area contributed by atoms with Gasteiger partial charge >= 0.3 is 0 Å². The lowest BCUT2D eigenvalue weighted by Crippen LogP contribution is -2.48. The average Bonchev–Trinajstić information content (AvgIpc) is 2.72. The number of amides is 2. The molecule has 2 aromatic rings. The smallest absolute Gasteiger partial charge is 0.267 e. The largest absolute Gasteiger partial charge is 0.476 e. The minimum absolute atomic E-state index is 0.177. The predicted molar refractivity (Wildman–Crippen MR) is 112 cm³/mol. The highest BCUT2D eigenvalue weighted by Crippen LogP contribution is 2.34. The zero-order valence-electron chi connectivity index (χ0n) is 16.6. The Morgan fingerprint density at radius 3 is 2.60 bits per heavy atom. The summed E-state index contributed by atoms with van der Waals surface area (Å²) < 4.78 is 36.2. The summed E-state index contributed by atoms with van der Waals surface area (Å²) in [5, 5.41) is 5.38. The van der Waals surface area contributed by atoms with E-state index in [2.05, 4.69) is 10.6 Å². The van der Waals surface area contributed by atoms with Gasteiger partial charge in [-0.05, 0) is 24.3 Å². The molecule has 1 aliphatic heterocycles. The lowest BCUT2D eigenvalue weighted by atomic mass is 10.1. The fourth-order valence-corrected chi connectivity index (χ4v) is 3.93. The standard InChI is InChI=1S/C20H23N3O6S/c1-28-12-11-21-19(24)14-7-3-4-8-15(14)22-20(25)18-13-23(30(2,26)27)16-9-5-6-10-17(16)29-18/h3-10,18H,11-13H2,1-2H3,(H,21,24)(H,22,25)/t18-/m0/s1. The average molecular weight is 433 g/mol. The van der Waals surface area contributed by atoms with Crippen LogP contribution in [0.25, 0.3) is 0 Å². The molecule has 2 amide bonds. The van der Waals surface area contributed by atoms with Crippen LogP contribution in [0.5, 0.6) is 5.75 Å². The molecule has 160 valence electrons. The first-order valence-electron chi connectivity index (χ1n) is 9.21. The summed E-state index contributed by atoms with van der Waals surface area (Å²) in [5.74, 6) is -0.633. The maximum absolute atomic E-state index is 12.9. The molecule has 3 rings (SSSR count). The fourth-order valence-electron chi connectivity index (χ4n) is 3.02. The lowest BCUT2D eigenvalue weighted by molar-refractivity contribution is -0.122. The molecule has 0 spiro atoms. The summed E-state index contributed by atoms with van der Waals surface area (Å²) in [4.78, 5) is 25.3. The number of anilines is 2. The summed E-state index contributed by atoms with van der Waals surface area (Å²) in [6, 6.07) is 13.1. The number of rotatable bonds is 7. The molecule has 0 radical (unpaired) electrons. The second-order valence-corrected chi connectivity index (χ2v) is 8.56. The highest BCUT2D eigenvalue weighted by atomic mass is 32.2. The van der Waals surface area contributed by atoms with Gasteiger partial charge in [0.15, 0.2) is 6.10 Å². The van der Waals surface area contributed by atoms with Crippen molar-refractivity contribution in [1.29, 1.82) is 0 Å². The Labute approximate surface area is 175 Å². The van der Waals surface area contributed by atoms with Crippen LogP contribution in [0.15, 0.2) is 48.5 Å². The van der Waals surface area contributed by atoms with Gasteiger partial charge in [-0.3, -0.25) is 13.9 Å². The van der Waals surface area contributed by atoms with Crippen molar-refractivity contribution in [2.75, 3.05) is 42.7 Å². The minimum atomic E-state index is -3.62. The normalized spacial score (nSPS) is 15.7. The lowest BCUT2D eigenvalue weighted by Gasteiger charge is -2.33. The van der Waals surface area contributed by atoms with Crippen molar-refractivity contribution in [3.63, 3.8) is 0 Å². The predicted octanol–water partition coefficient (Wildman–Crippen LogP) is 1.23. The second-order valence-electron chi connectivity index (χ2n) is 6.65. The van der Waals surface area contributed by atoms with E-state index in [1.807, 2.05) is 0 Å². The first kappa shape index (κ1) is 21.6. The van der Waals surface area contributed by atoms with E-state index < -0.39 is 22.0 Å². The zero-order chi connectivity index (χ0) is 21.7. The number of hydrogen-bond acceptors (Lipinski definition) is 6. The Balaban J connectivity index is 1.80. The van der Waals surface area contributed by atoms with Crippen molar-refractivity contribution in [1.82, 2.24) is 5.32 Å². The van der Waals surface area contributed by atoms with Crippen LogP contribution in [0.2, 0.25) is 0 Å². The second kappa shape index (κ2) is 9.14. The summed E-state index contributed by atoms with van der Waals surface area (Å²) in [6.07, 6.45) is -0.0109. The van der Waals surface area contributed by atoms with Crippen LogP contribution in [0.1, 0.15) is 10.4 Å². The highest BCUT2D eigenvalue weighted by molar-refractivity contribution is 7.92. The summed E-state index contributed by atoms with van der Waals surface area (Å²) in [5.41, 5.74) is 0.950. The number of fused-ring (bicyclic) bond motifs is 1. The number of para-hydroxylation sites is 3. The quantitative estimate of drug-likeness (QED) is 0.635. The van der Waals surface area contributed by atoms with E-state index in [-0.39, 0.29) is 18.0 Å². The van der Waals surface area contributed by atoms with Crippen molar-refractivity contribution >= 4 is 33.2 Å². The van der Waals surface area contributed by atoms with Crippen molar-refractivity contribution in [2.24, 2.45) is 0 Å². The van der Waals surface area contributed by atoms with Gasteiger partial charge in [0, 0.05) is 13.7 Å². The van der Waals surface area contributed by atoms with Gasteiger partial charge in [0.25, 0.3) is 11.8 Å². The molecule has 0 aliphatic carbocycles. The molecule has 30 heavy (non-hydrogen) atoms. The first-order valence-corrected chi connectivity index (χ1v) is 11.1. The van der Waals surface area contributed by atoms with Crippen molar-refractivity contribution < 1.29 is 27.5 Å². The highest BCUT2D eigenvalue weighted by Gasteiger charge is 2.35. The molecule has 0 unspecified atom stereocenters. The van der Waals surface area contributed by atoms with Crippen molar-refractivity contribution in [3.8, 4) is 5.75 Å². The van der Waals surface area contributed by atoms with Crippen LogP contribution in [-0.4, -0.2) is 59.4 Å². The Bertz CT molecular complexity index is 1040. The van der Waals surface area contributed by atoms with E-state index >= 15 is 0 Å². The van der Waals surface area contributed by atoms with Crippen molar-refractivity contribution in [2.45, 2.75) is 6.10 Å². The van der Waals surface area contributed by atoms with Gasteiger partial charge in [-0.15, -0.1) is 0 Å². The third-order valence-electron chi connectivity index (χ3n) is 4.45. The zero-order valence-corrected chi connectivity index (χ0v) is 17.4. The topological polar surface area (TPSA) is 114 Å². The van der Waals surface area contributed by atoms with Crippen LogP contribution in [0.3, 0.4) is 0 Å². The number of carbonyl (C=O) groups excluding carboxylic acids is 2. The molecule has 1 atom stereocenters. The molecule has 0 saturated heterocycles. The molecule has 0 fully saturated rings. The van der Waals surface area contributed by atoms with Crippen LogP contribution in [-0.2, 0) is 19.6 Å². The fraction of sp³-hybridized carbons (Fsp3) is 0.300.